The van der Waals surface area contributed by atoms with Crippen LogP contribution in [0.4, 0.5) is 4.39 Å². The molecule has 2 rings (SSSR count). The molecule has 88 valence electrons. The maximum atomic E-state index is 13.6. The van der Waals surface area contributed by atoms with E-state index in [0.29, 0.717) is 11.4 Å². The number of nitrogens with two attached hydrogens (primary N) is 1. The summed E-state index contributed by atoms with van der Waals surface area (Å²) in [5.41, 5.74) is 6.07. The zero-order chi connectivity index (χ0) is 12.3. The summed E-state index contributed by atoms with van der Waals surface area (Å²) in [6, 6.07) is 7.93. The van der Waals surface area contributed by atoms with Crippen molar-refractivity contribution in [2.24, 2.45) is 5.73 Å². The van der Waals surface area contributed by atoms with E-state index in [2.05, 4.69) is 4.98 Å². The molecule has 0 aliphatic heterocycles. The molecule has 0 radical (unpaired) electrons. The SMILES string of the molecule is NCc1ncccc1Oc1cccc(Cl)c1F. The van der Waals surface area contributed by atoms with E-state index in [1.807, 2.05) is 0 Å². The van der Waals surface area contributed by atoms with Crippen molar-refractivity contribution in [3.63, 3.8) is 0 Å². The molecule has 0 fully saturated rings. The van der Waals surface area contributed by atoms with Gasteiger partial charge in [-0.3, -0.25) is 4.98 Å². The average molecular weight is 253 g/mol. The van der Waals surface area contributed by atoms with Gasteiger partial charge in [0, 0.05) is 12.7 Å². The summed E-state index contributed by atoms with van der Waals surface area (Å²) >= 11 is 5.66. The summed E-state index contributed by atoms with van der Waals surface area (Å²) in [5, 5.41) is 0.0145. The fraction of sp³-hybridized carbons (Fsp3) is 0.0833. The minimum atomic E-state index is -0.596. The Labute approximate surface area is 103 Å². The van der Waals surface area contributed by atoms with Gasteiger partial charge in [0.1, 0.15) is 5.75 Å². The third-order valence-electron chi connectivity index (χ3n) is 2.18. The number of aromatic nitrogens is 1. The first-order valence-corrected chi connectivity index (χ1v) is 5.36. The molecule has 0 spiro atoms. The number of nitrogens with zero attached hydrogens (tertiary/aromatic N) is 1. The van der Waals surface area contributed by atoms with Crippen LogP contribution in [0.25, 0.3) is 0 Å². The summed E-state index contributed by atoms with van der Waals surface area (Å²) in [5.74, 6) is -0.114. The van der Waals surface area contributed by atoms with E-state index in [4.69, 9.17) is 22.1 Å². The molecule has 0 atom stereocenters. The van der Waals surface area contributed by atoms with Gasteiger partial charge in [0.25, 0.3) is 0 Å². The van der Waals surface area contributed by atoms with Crippen molar-refractivity contribution < 1.29 is 9.13 Å². The summed E-state index contributed by atoms with van der Waals surface area (Å²) in [7, 11) is 0. The fourth-order valence-corrected chi connectivity index (χ4v) is 1.52. The van der Waals surface area contributed by atoms with Crippen LogP contribution in [-0.2, 0) is 6.54 Å². The molecule has 0 aliphatic rings. The van der Waals surface area contributed by atoms with Crippen molar-refractivity contribution >= 4 is 11.6 Å². The molecule has 0 unspecified atom stereocenters. The average Bonchev–Trinajstić information content (AvgIpc) is 2.35. The Hall–Kier alpha value is -1.65. The number of benzene rings is 1. The molecule has 0 bridgehead atoms. The molecule has 2 aromatic rings. The van der Waals surface area contributed by atoms with Gasteiger partial charge in [-0.1, -0.05) is 17.7 Å². The Morgan fingerprint density at radius 2 is 2.00 bits per heavy atom. The van der Waals surface area contributed by atoms with Crippen LogP contribution in [-0.4, -0.2) is 4.98 Å². The highest BCUT2D eigenvalue weighted by molar-refractivity contribution is 6.30. The van der Waals surface area contributed by atoms with Crippen LogP contribution in [0.2, 0.25) is 5.02 Å². The minimum absolute atomic E-state index is 0.0145. The highest BCUT2D eigenvalue weighted by atomic mass is 35.5. The van der Waals surface area contributed by atoms with Crippen LogP contribution >= 0.6 is 11.6 Å². The zero-order valence-corrected chi connectivity index (χ0v) is 9.62. The van der Waals surface area contributed by atoms with Crippen LogP contribution in [0.15, 0.2) is 36.5 Å². The standard InChI is InChI=1S/C12H10ClFN2O/c13-8-3-1-4-11(12(8)14)17-10-5-2-6-16-9(10)7-15/h1-6H,7,15H2. The summed E-state index contributed by atoms with van der Waals surface area (Å²) in [4.78, 5) is 4.04. The van der Waals surface area contributed by atoms with Crippen LogP contribution in [0.5, 0.6) is 11.5 Å². The number of hydrogen-bond donors (Lipinski definition) is 1. The number of pyridine rings is 1. The Kier molecular flexibility index (Phi) is 3.56. The topological polar surface area (TPSA) is 48.1 Å². The first kappa shape index (κ1) is 11.8. The van der Waals surface area contributed by atoms with E-state index < -0.39 is 5.82 Å². The van der Waals surface area contributed by atoms with E-state index in [9.17, 15) is 4.39 Å². The monoisotopic (exact) mass is 252 g/mol. The second kappa shape index (κ2) is 5.12. The van der Waals surface area contributed by atoms with E-state index in [-0.39, 0.29) is 17.3 Å². The summed E-state index contributed by atoms with van der Waals surface area (Å²) in [6.45, 7) is 0.221. The lowest BCUT2D eigenvalue weighted by molar-refractivity contribution is 0.435. The Bertz CT molecular complexity index is 534. The fourth-order valence-electron chi connectivity index (χ4n) is 1.35. The predicted octanol–water partition coefficient (Wildman–Crippen LogP) is 3.13. The molecule has 17 heavy (non-hydrogen) atoms. The normalized spacial score (nSPS) is 10.3. The molecule has 1 aromatic heterocycles. The Balaban J connectivity index is 2.35. The van der Waals surface area contributed by atoms with Crippen molar-refractivity contribution in [2.75, 3.05) is 0 Å². The van der Waals surface area contributed by atoms with Crippen molar-refractivity contribution in [3.8, 4) is 11.5 Å². The van der Waals surface area contributed by atoms with Gasteiger partial charge in [0.05, 0.1) is 10.7 Å². The third-order valence-corrected chi connectivity index (χ3v) is 2.47. The van der Waals surface area contributed by atoms with Gasteiger partial charge in [0.2, 0.25) is 0 Å². The highest BCUT2D eigenvalue weighted by Gasteiger charge is 2.10. The largest absolute Gasteiger partial charge is 0.452 e. The van der Waals surface area contributed by atoms with Gasteiger partial charge >= 0.3 is 0 Å². The van der Waals surface area contributed by atoms with Gasteiger partial charge in [-0.25, -0.2) is 4.39 Å². The number of halogens is 2. The first-order chi connectivity index (χ1) is 8.22. The van der Waals surface area contributed by atoms with Crippen LogP contribution in [0, 0.1) is 5.82 Å². The maximum Gasteiger partial charge on any atom is 0.184 e. The lowest BCUT2D eigenvalue weighted by atomic mass is 10.3. The molecule has 0 saturated heterocycles. The van der Waals surface area contributed by atoms with Crippen molar-refractivity contribution in [1.82, 2.24) is 4.98 Å². The minimum Gasteiger partial charge on any atom is -0.452 e. The van der Waals surface area contributed by atoms with Crippen LogP contribution < -0.4 is 10.5 Å². The van der Waals surface area contributed by atoms with Gasteiger partial charge in [0.15, 0.2) is 11.6 Å². The maximum absolute atomic E-state index is 13.6. The quantitative estimate of drug-likeness (QED) is 0.913. The number of ether oxygens (including phenoxy) is 1. The van der Waals surface area contributed by atoms with E-state index in [0.717, 1.165) is 0 Å². The van der Waals surface area contributed by atoms with Crippen molar-refractivity contribution in [3.05, 3.63) is 53.1 Å². The van der Waals surface area contributed by atoms with E-state index in [1.54, 1.807) is 24.4 Å². The summed E-state index contributed by atoms with van der Waals surface area (Å²) in [6.07, 6.45) is 1.60. The predicted molar refractivity (Wildman–Crippen MR) is 63.6 cm³/mol. The molecular weight excluding hydrogens is 243 g/mol. The first-order valence-electron chi connectivity index (χ1n) is 4.98. The highest BCUT2D eigenvalue weighted by Crippen LogP contribution is 2.29. The second-order valence-corrected chi connectivity index (χ2v) is 3.71. The molecule has 5 heteroatoms. The second-order valence-electron chi connectivity index (χ2n) is 3.31. The van der Waals surface area contributed by atoms with Crippen molar-refractivity contribution in [1.29, 1.82) is 0 Å². The van der Waals surface area contributed by atoms with Gasteiger partial charge < -0.3 is 10.5 Å². The third kappa shape index (κ3) is 2.54. The molecule has 2 N–H and O–H groups in total. The Morgan fingerprint density at radius 3 is 2.76 bits per heavy atom. The van der Waals surface area contributed by atoms with Crippen LogP contribution in [0.1, 0.15) is 5.69 Å². The molecule has 0 amide bonds. The zero-order valence-electron chi connectivity index (χ0n) is 8.86. The lowest BCUT2D eigenvalue weighted by Crippen LogP contribution is -2.02. The number of rotatable bonds is 3. The number of hydrogen-bond acceptors (Lipinski definition) is 3. The van der Waals surface area contributed by atoms with E-state index in [1.165, 1.54) is 12.1 Å². The molecule has 0 saturated carbocycles. The van der Waals surface area contributed by atoms with Crippen molar-refractivity contribution in [2.45, 2.75) is 6.54 Å². The molecular formula is C12H10ClFN2O. The van der Waals surface area contributed by atoms with Gasteiger partial charge in [-0.2, -0.15) is 0 Å². The van der Waals surface area contributed by atoms with Gasteiger partial charge in [-0.15, -0.1) is 0 Å². The molecule has 3 nitrogen and oxygen atoms in total. The molecule has 1 aromatic carbocycles. The smallest absolute Gasteiger partial charge is 0.184 e. The Morgan fingerprint density at radius 1 is 1.24 bits per heavy atom. The van der Waals surface area contributed by atoms with E-state index >= 15 is 0 Å². The molecule has 1 heterocycles. The van der Waals surface area contributed by atoms with Gasteiger partial charge in [-0.05, 0) is 24.3 Å². The van der Waals surface area contributed by atoms with Crippen LogP contribution in [0.3, 0.4) is 0 Å². The molecule has 0 aliphatic carbocycles. The lowest BCUT2D eigenvalue weighted by Gasteiger charge is -2.09. The summed E-state index contributed by atoms with van der Waals surface area (Å²) < 4.78 is 19.0.